The fourth-order valence-corrected chi connectivity index (χ4v) is 2.76. The van der Waals surface area contributed by atoms with Gasteiger partial charge in [0.15, 0.2) is 0 Å². The highest BCUT2D eigenvalue weighted by atomic mass is 16.6. The Morgan fingerprint density at radius 1 is 1.55 bits per heavy atom. The van der Waals surface area contributed by atoms with Crippen LogP contribution in [0.1, 0.15) is 27.2 Å². The number of ether oxygens (including phenoxy) is 1. The van der Waals surface area contributed by atoms with Crippen molar-refractivity contribution in [2.24, 2.45) is 11.1 Å². The third-order valence-corrected chi connectivity index (χ3v) is 4.55. The summed E-state index contributed by atoms with van der Waals surface area (Å²) in [5.74, 6) is -0.353. The monoisotopic (exact) mass is 307 g/mol. The zero-order chi connectivity index (χ0) is 16.5. The average molecular weight is 307 g/mol. The van der Waals surface area contributed by atoms with Crippen molar-refractivity contribution in [2.75, 3.05) is 11.9 Å². The highest BCUT2D eigenvalue weighted by Crippen LogP contribution is 2.50. The van der Waals surface area contributed by atoms with E-state index in [9.17, 15) is 14.9 Å². The van der Waals surface area contributed by atoms with Gasteiger partial charge < -0.3 is 15.8 Å². The molecule has 7 heteroatoms. The summed E-state index contributed by atoms with van der Waals surface area (Å²) in [4.78, 5) is 22.8. The zero-order valence-corrected chi connectivity index (χ0v) is 13.0. The van der Waals surface area contributed by atoms with E-state index in [1.54, 1.807) is 6.07 Å². The molecule has 2 rings (SSSR count). The van der Waals surface area contributed by atoms with Gasteiger partial charge in [-0.2, -0.15) is 0 Å². The van der Waals surface area contributed by atoms with E-state index < -0.39 is 15.9 Å². The van der Waals surface area contributed by atoms with E-state index in [-0.39, 0.29) is 17.7 Å². The molecule has 22 heavy (non-hydrogen) atoms. The molecule has 2 atom stereocenters. The second-order valence-corrected chi connectivity index (χ2v) is 6.10. The highest BCUT2D eigenvalue weighted by Gasteiger charge is 2.62. The first-order valence-electron chi connectivity index (χ1n) is 7.18. The molecule has 1 aliphatic rings. The Hall–Kier alpha value is -1.99. The SMILES string of the molecule is CCOC1CC(N)(C(=O)Nc2cccc([N+](=O)[O-])c2)C1(C)C. The van der Waals surface area contributed by atoms with Crippen LogP contribution in [-0.4, -0.2) is 29.1 Å². The first-order valence-corrected chi connectivity index (χ1v) is 7.18. The Labute approximate surface area is 129 Å². The molecule has 3 N–H and O–H groups in total. The number of rotatable bonds is 5. The Balaban J connectivity index is 2.13. The number of carbonyl (C=O) groups excluding carboxylic acids is 1. The van der Waals surface area contributed by atoms with Gasteiger partial charge in [-0.3, -0.25) is 14.9 Å². The van der Waals surface area contributed by atoms with Gasteiger partial charge in [0.2, 0.25) is 5.91 Å². The number of amides is 1. The lowest BCUT2D eigenvalue weighted by Gasteiger charge is -2.57. The number of hydrogen-bond acceptors (Lipinski definition) is 5. The zero-order valence-electron chi connectivity index (χ0n) is 13.0. The van der Waals surface area contributed by atoms with E-state index in [2.05, 4.69) is 5.32 Å². The molecule has 1 fully saturated rings. The van der Waals surface area contributed by atoms with Crippen molar-refractivity contribution in [3.05, 3.63) is 34.4 Å². The maximum atomic E-state index is 12.5. The molecule has 0 heterocycles. The summed E-state index contributed by atoms with van der Waals surface area (Å²) >= 11 is 0. The van der Waals surface area contributed by atoms with Crippen LogP contribution < -0.4 is 11.1 Å². The topological polar surface area (TPSA) is 107 Å². The van der Waals surface area contributed by atoms with Gasteiger partial charge in [-0.05, 0) is 13.0 Å². The molecule has 1 aromatic carbocycles. The average Bonchev–Trinajstić information content (AvgIpc) is 2.47. The number of benzene rings is 1. The molecule has 1 aromatic rings. The fraction of sp³-hybridized carbons (Fsp3) is 0.533. The molecule has 0 bridgehead atoms. The van der Waals surface area contributed by atoms with Crippen LogP contribution >= 0.6 is 0 Å². The minimum Gasteiger partial charge on any atom is -0.378 e. The van der Waals surface area contributed by atoms with Crippen LogP contribution in [0.2, 0.25) is 0 Å². The van der Waals surface area contributed by atoms with Crippen molar-refractivity contribution in [1.82, 2.24) is 0 Å². The third-order valence-electron chi connectivity index (χ3n) is 4.55. The molecule has 2 unspecified atom stereocenters. The first kappa shape index (κ1) is 16.4. The van der Waals surface area contributed by atoms with Crippen molar-refractivity contribution in [2.45, 2.75) is 38.8 Å². The number of hydrogen-bond donors (Lipinski definition) is 2. The van der Waals surface area contributed by atoms with Gasteiger partial charge in [0.05, 0.1) is 11.0 Å². The number of nitro benzene ring substituents is 1. The molecule has 7 nitrogen and oxygen atoms in total. The molecular formula is C15H21N3O4. The van der Waals surface area contributed by atoms with E-state index in [0.717, 1.165) is 0 Å². The van der Waals surface area contributed by atoms with Gasteiger partial charge in [-0.15, -0.1) is 0 Å². The number of nitrogens with one attached hydrogen (secondary N) is 1. The van der Waals surface area contributed by atoms with Crippen molar-refractivity contribution in [3.63, 3.8) is 0 Å². The van der Waals surface area contributed by atoms with Gasteiger partial charge >= 0.3 is 0 Å². The van der Waals surface area contributed by atoms with Crippen LogP contribution in [-0.2, 0) is 9.53 Å². The summed E-state index contributed by atoms with van der Waals surface area (Å²) in [7, 11) is 0. The lowest BCUT2D eigenvalue weighted by Crippen LogP contribution is -2.74. The third kappa shape index (κ3) is 2.57. The minimum atomic E-state index is -1.06. The summed E-state index contributed by atoms with van der Waals surface area (Å²) in [6.45, 7) is 6.25. The molecule has 0 aliphatic heterocycles. The van der Waals surface area contributed by atoms with Crippen molar-refractivity contribution < 1.29 is 14.5 Å². The largest absolute Gasteiger partial charge is 0.378 e. The Morgan fingerprint density at radius 2 is 2.23 bits per heavy atom. The smallest absolute Gasteiger partial charge is 0.271 e. The predicted molar refractivity (Wildman–Crippen MR) is 82.5 cm³/mol. The van der Waals surface area contributed by atoms with Crippen molar-refractivity contribution in [1.29, 1.82) is 0 Å². The molecule has 1 amide bonds. The molecule has 0 radical (unpaired) electrons. The summed E-state index contributed by atoms with van der Waals surface area (Å²) in [5.41, 5.74) is 4.98. The quantitative estimate of drug-likeness (QED) is 0.639. The van der Waals surface area contributed by atoms with Crippen LogP contribution in [0.3, 0.4) is 0 Å². The molecule has 0 saturated heterocycles. The molecule has 0 spiro atoms. The highest BCUT2D eigenvalue weighted by molar-refractivity contribution is 6.00. The number of anilines is 1. The summed E-state index contributed by atoms with van der Waals surface area (Å²) < 4.78 is 5.59. The lowest BCUT2D eigenvalue weighted by molar-refractivity contribution is -0.384. The second kappa shape index (κ2) is 5.66. The molecule has 0 aromatic heterocycles. The van der Waals surface area contributed by atoms with E-state index in [4.69, 9.17) is 10.5 Å². The maximum absolute atomic E-state index is 12.5. The number of carbonyl (C=O) groups is 1. The van der Waals surface area contributed by atoms with Gasteiger partial charge in [0, 0.05) is 36.3 Å². The van der Waals surface area contributed by atoms with Crippen molar-refractivity contribution in [3.8, 4) is 0 Å². The number of nitrogens with two attached hydrogens (primary N) is 1. The minimum absolute atomic E-state index is 0.0710. The maximum Gasteiger partial charge on any atom is 0.271 e. The number of non-ortho nitro benzene ring substituents is 1. The molecule has 1 saturated carbocycles. The van der Waals surface area contributed by atoms with E-state index in [1.807, 2.05) is 20.8 Å². The van der Waals surface area contributed by atoms with Gasteiger partial charge in [0.25, 0.3) is 5.69 Å². The Bertz CT molecular complexity index is 602. The summed E-state index contributed by atoms with van der Waals surface area (Å²) in [5, 5.41) is 13.4. The van der Waals surface area contributed by atoms with E-state index >= 15 is 0 Å². The van der Waals surface area contributed by atoms with E-state index in [0.29, 0.717) is 18.7 Å². The van der Waals surface area contributed by atoms with Crippen LogP contribution in [0.4, 0.5) is 11.4 Å². The summed E-state index contributed by atoms with van der Waals surface area (Å²) in [6.07, 6.45) is 0.354. The van der Waals surface area contributed by atoms with Crippen LogP contribution in [0, 0.1) is 15.5 Å². The van der Waals surface area contributed by atoms with Gasteiger partial charge in [-0.1, -0.05) is 19.9 Å². The van der Waals surface area contributed by atoms with Crippen molar-refractivity contribution >= 4 is 17.3 Å². The fourth-order valence-electron chi connectivity index (χ4n) is 2.76. The summed E-state index contributed by atoms with van der Waals surface area (Å²) in [6, 6.07) is 5.80. The number of nitrogens with zero attached hydrogens (tertiary/aromatic N) is 1. The molecule has 120 valence electrons. The number of nitro groups is 1. The predicted octanol–water partition coefficient (Wildman–Crippen LogP) is 2.07. The van der Waals surface area contributed by atoms with Crippen LogP contribution in [0.25, 0.3) is 0 Å². The molecular weight excluding hydrogens is 286 g/mol. The standard InChI is InChI=1S/C15H21N3O4/c1-4-22-12-9-15(16,14(12,2)3)13(19)17-10-6-5-7-11(8-10)18(20)21/h5-8,12H,4,9,16H2,1-3H3,(H,17,19). The van der Waals surface area contributed by atoms with Gasteiger partial charge in [-0.25, -0.2) is 0 Å². The Kier molecular flexibility index (Phi) is 4.21. The lowest BCUT2D eigenvalue weighted by atomic mass is 9.54. The van der Waals surface area contributed by atoms with Gasteiger partial charge in [0.1, 0.15) is 5.54 Å². The van der Waals surface area contributed by atoms with Crippen LogP contribution in [0.15, 0.2) is 24.3 Å². The first-order chi connectivity index (χ1) is 10.2. The molecule has 1 aliphatic carbocycles. The van der Waals surface area contributed by atoms with Crippen LogP contribution in [0.5, 0.6) is 0 Å². The Morgan fingerprint density at radius 3 is 2.77 bits per heavy atom. The second-order valence-electron chi connectivity index (χ2n) is 6.10. The van der Waals surface area contributed by atoms with E-state index in [1.165, 1.54) is 18.2 Å². The normalized spacial score (nSPS) is 26.1.